The molecule has 3 aromatic rings. The quantitative estimate of drug-likeness (QED) is 0.529. The summed E-state index contributed by atoms with van der Waals surface area (Å²) >= 11 is 0. The van der Waals surface area contributed by atoms with Crippen molar-refractivity contribution in [2.45, 2.75) is 39.7 Å². The van der Waals surface area contributed by atoms with Crippen LogP contribution < -0.4 is 10.1 Å². The molecule has 1 aromatic heterocycles. The fraction of sp³-hybridized carbons (Fsp3) is 0.304. The second-order valence-electron chi connectivity index (χ2n) is 6.75. The third kappa shape index (κ3) is 5.22. The summed E-state index contributed by atoms with van der Waals surface area (Å²) in [5.74, 6) is 0.678. The Morgan fingerprint density at radius 1 is 1.04 bits per heavy atom. The fourth-order valence-electron chi connectivity index (χ4n) is 2.81. The summed E-state index contributed by atoms with van der Waals surface area (Å²) in [5, 5.41) is 10.0. The number of unbranched alkanes of at least 4 members (excludes halogenated alkanes) is 1. The van der Waals surface area contributed by atoms with Gasteiger partial charge < -0.3 is 10.1 Å². The molecule has 28 heavy (non-hydrogen) atoms. The second kappa shape index (κ2) is 9.74. The Kier molecular flexibility index (Phi) is 6.84. The first kappa shape index (κ1) is 19.7. The van der Waals surface area contributed by atoms with Crippen LogP contribution in [0.5, 0.6) is 5.75 Å². The highest BCUT2D eigenvalue weighted by Crippen LogP contribution is 2.21. The lowest BCUT2D eigenvalue weighted by Gasteiger charge is -2.05. The van der Waals surface area contributed by atoms with Gasteiger partial charge in [-0.3, -0.25) is 9.89 Å². The minimum atomic E-state index is -0.169. The molecule has 0 fully saturated rings. The van der Waals surface area contributed by atoms with Crippen LogP contribution in [0, 0.1) is 0 Å². The Morgan fingerprint density at radius 2 is 1.75 bits per heavy atom. The average Bonchev–Trinajstić information content (AvgIpc) is 3.23. The van der Waals surface area contributed by atoms with Gasteiger partial charge in [0.25, 0.3) is 5.91 Å². The maximum Gasteiger partial charge on any atom is 0.269 e. The topological polar surface area (TPSA) is 67.0 Å². The highest BCUT2D eigenvalue weighted by molar-refractivity contribution is 5.93. The Labute approximate surface area is 166 Å². The zero-order valence-corrected chi connectivity index (χ0v) is 16.5. The molecule has 0 aliphatic heterocycles. The molecule has 5 nitrogen and oxygen atoms in total. The van der Waals surface area contributed by atoms with Crippen LogP contribution in [0.25, 0.3) is 11.3 Å². The van der Waals surface area contributed by atoms with Gasteiger partial charge in [0.05, 0.1) is 12.3 Å². The summed E-state index contributed by atoms with van der Waals surface area (Å²) in [4.78, 5) is 12.4. The molecule has 5 heteroatoms. The first-order valence-electron chi connectivity index (χ1n) is 9.84. The van der Waals surface area contributed by atoms with Gasteiger partial charge in [0.1, 0.15) is 11.4 Å². The predicted molar refractivity (Wildman–Crippen MR) is 111 cm³/mol. The van der Waals surface area contributed by atoms with Crippen molar-refractivity contribution < 1.29 is 9.53 Å². The Hall–Kier alpha value is -3.08. The number of rotatable bonds is 9. The van der Waals surface area contributed by atoms with E-state index in [9.17, 15) is 4.79 Å². The van der Waals surface area contributed by atoms with E-state index in [1.807, 2.05) is 36.4 Å². The molecule has 1 amide bonds. The molecule has 3 rings (SSSR count). The maximum atomic E-state index is 12.4. The van der Waals surface area contributed by atoms with Crippen molar-refractivity contribution in [1.82, 2.24) is 15.5 Å². The van der Waals surface area contributed by atoms with Crippen LogP contribution in [0.1, 0.15) is 48.3 Å². The number of ether oxygens (including phenoxy) is 1. The molecule has 0 saturated heterocycles. The lowest BCUT2D eigenvalue weighted by Crippen LogP contribution is -2.23. The fourth-order valence-corrected chi connectivity index (χ4v) is 2.81. The Balaban J connectivity index is 1.57. The van der Waals surface area contributed by atoms with Crippen LogP contribution >= 0.6 is 0 Å². The first-order chi connectivity index (χ1) is 13.7. The van der Waals surface area contributed by atoms with E-state index in [-0.39, 0.29) is 5.91 Å². The zero-order valence-electron chi connectivity index (χ0n) is 16.5. The van der Waals surface area contributed by atoms with Crippen LogP contribution in [0.2, 0.25) is 0 Å². The number of carbonyl (C=O) groups is 1. The number of aromatic amines is 1. The highest BCUT2D eigenvalue weighted by Gasteiger charge is 2.11. The summed E-state index contributed by atoms with van der Waals surface area (Å²) in [7, 11) is 0. The third-order valence-corrected chi connectivity index (χ3v) is 4.62. The van der Waals surface area contributed by atoms with Crippen LogP contribution in [-0.4, -0.2) is 22.7 Å². The number of nitrogens with one attached hydrogen (secondary N) is 2. The van der Waals surface area contributed by atoms with Gasteiger partial charge in [0.15, 0.2) is 0 Å². The smallest absolute Gasteiger partial charge is 0.269 e. The van der Waals surface area contributed by atoms with Gasteiger partial charge in [-0.15, -0.1) is 0 Å². The molecular formula is C23H27N3O2. The van der Waals surface area contributed by atoms with E-state index in [1.165, 1.54) is 5.56 Å². The standard InChI is InChI=1S/C23H27N3O2/c1-3-5-14-28-20-12-10-19(11-13-20)21-15-22(26-25-21)23(27)24-16-18-8-6-17(4-2)7-9-18/h6-13,15H,3-5,14,16H2,1-2H3,(H,24,27)(H,25,26). The first-order valence-corrected chi connectivity index (χ1v) is 9.84. The van der Waals surface area contributed by atoms with Crippen molar-refractivity contribution in [3.05, 3.63) is 71.4 Å². The lowest BCUT2D eigenvalue weighted by molar-refractivity contribution is 0.0946. The molecule has 146 valence electrons. The van der Waals surface area contributed by atoms with Gasteiger partial charge in [-0.25, -0.2) is 0 Å². The summed E-state index contributed by atoms with van der Waals surface area (Å²) in [5.41, 5.74) is 4.48. The van der Waals surface area contributed by atoms with Gasteiger partial charge in [0.2, 0.25) is 0 Å². The van der Waals surface area contributed by atoms with Crippen LogP contribution in [0.4, 0.5) is 0 Å². The Bertz CT molecular complexity index is 883. The average molecular weight is 377 g/mol. The monoisotopic (exact) mass is 377 g/mol. The van der Waals surface area contributed by atoms with E-state index in [2.05, 4.69) is 41.5 Å². The molecule has 2 N–H and O–H groups in total. The predicted octanol–water partition coefficient (Wildman–Crippen LogP) is 4.75. The lowest BCUT2D eigenvalue weighted by atomic mass is 10.1. The minimum absolute atomic E-state index is 0.169. The van der Waals surface area contributed by atoms with Crippen molar-refractivity contribution >= 4 is 5.91 Å². The van der Waals surface area contributed by atoms with Gasteiger partial charge >= 0.3 is 0 Å². The normalized spacial score (nSPS) is 10.6. The summed E-state index contributed by atoms with van der Waals surface area (Å²) in [6, 6.07) is 17.8. The van der Waals surface area contributed by atoms with Gasteiger partial charge in [-0.2, -0.15) is 5.10 Å². The van der Waals surface area contributed by atoms with Gasteiger partial charge in [0, 0.05) is 12.1 Å². The molecule has 0 saturated carbocycles. The Morgan fingerprint density at radius 3 is 2.43 bits per heavy atom. The molecule has 0 aliphatic rings. The number of aromatic nitrogens is 2. The largest absolute Gasteiger partial charge is 0.494 e. The van der Waals surface area contributed by atoms with E-state index >= 15 is 0 Å². The number of amides is 1. The third-order valence-electron chi connectivity index (χ3n) is 4.62. The number of nitrogens with zero attached hydrogens (tertiary/aromatic N) is 1. The van der Waals surface area contributed by atoms with Crippen LogP contribution in [-0.2, 0) is 13.0 Å². The number of H-pyrrole nitrogens is 1. The van der Waals surface area contributed by atoms with Crippen LogP contribution in [0.15, 0.2) is 54.6 Å². The van der Waals surface area contributed by atoms with E-state index in [1.54, 1.807) is 6.07 Å². The van der Waals surface area contributed by atoms with E-state index in [4.69, 9.17) is 4.74 Å². The molecule has 0 radical (unpaired) electrons. The molecule has 0 unspecified atom stereocenters. The van der Waals surface area contributed by atoms with E-state index < -0.39 is 0 Å². The molecule has 0 bridgehead atoms. The summed E-state index contributed by atoms with van der Waals surface area (Å²) in [6.45, 7) is 5.48. The molecule has 1 heterocycles. The van der Waals surface area contributed by atoms with Gasteiger partial charge in [-0.05, 0) is 54.3 Å². The van der Waals surface area contributed by atoms with Crippen molar-refractivity contribution in [3.8, 4) is 17.0 Å². The van der Waals surface area contributed by atoms with Crippen molar-refractivity contribution in [2.75, 3.05) is 6.61 Å². The number of carbonyl (C=O) groups excluding carboxylic acids is 1. The van der Waals surface area contributed by atoms with Crippen molar-refractivity contribution in [3.63, 3.8) is 0 Å². The van der Waals surface area contributed by atoms with Crippen LogP contribution in [0.3, 0.4) is 0 Å². The number of hydrogen-bond donors (Lipinski definition) is 2. The molecule has 0 aliphatic carbocycles. The number of aryl methyl sites for hydroxylation is 1. The summed E-state index contributed by atoms with van der Waals surface area (Å²) < 4.78 is 5.68. The van der Waals surface area contributed by atoms with Crippen molar-refractivity contribution in [2.24, 2.45) is 0 Å². The van der Waals surface area contributed by atoms with Crippen molar-refractivity contribution in [1.29, 1.82) is 0 Å². The van der Waals surface area contributed by atoms with E-state index in [0.29, 0.717) is 12.2 Å². The highest BCUT2D eigenvalue weighted by atomic mass is 16.5. The molecule has 0 spiro atoms. The number of hydrogen-bond acceptors (Lipinski definition) is 3. The second-order valence-corrected chi connectivity index (χ2v) is 6.75. The zero-order chi connectivity index (χ0) is 19.8. The summed E-state index contributed by atoms with van der Waals surface area (Å²) in [6.07, 6.45) is 3.16. The SMILES string of the molecule is CCCCOc1ccc(-c2cc(C(=O)NCc3ccc(CC)cc3)[nH]n2)cc1. The molecule has 2 aromatic carbocycles. The van der Waals surface area contributed by atoms with Gasteiger partial charge in [-0.1, -0.05) is 44.5 Å². The molecule has 0 atom stereocenters. The minimum Gasteiger partial charge on any atom is -0.494 e. The van der Waals surface area contributed by atoms with E-state index in [0.717, 1.165) is 48.4 Å². The number of benzene rings is 2. The molecular weight excluding hydrogens is 350 g/mol. The maximum absolute atomic E-state index is 12.4.